The third-order valence-electron chi connectivity index (χ3n) is 6.05. The Hall–Kier alpha value is -1.93. The molecule has 3 aromatic rings. The number of fused-ring (bicyclic) bond motifs is 1. The van der Waals surface area contributed by atoms with E-state index in [9.17, 15) is 0 Å². The Labute approximate surface area is 172 Å². The van der Waals surface area contributed by atoms with E-state index in [0.717, 1.165) is 52.3 Å². The fourth-order valence-corrected chi connectivity index (χ4v) is 5.21. The first kappa shape index (κ1) is 18.1. The summed E-state index contributed by atoms with van der Waals surface area (Å²) >= 11 is 3.89. The summed E-state index contributed by atoms with van der Waals surface area (Å²) in [5.74, 6) is 1.44. The van der Waals surface area contributed by atoms with E-state index < -0.39 is 0 Å². The third-order valence-corrected chi connectivity index (χ3v) is 6.84. The number of H-pyrrole nitrogens is 1. The van der Waals surface area contributed by atoms with Crippen LogP contribution < -0.4 is 10.6 Å². The van der Waals surface area contributed by atoms with Gasteiger partial charge in [0, 0.05) is 35.8 Å². The van der Waals surface area contributed by atoms with Crippen molar-refractivity contribution < 1.29 is 0 Å². The Morgan fingerprint density at radius 3 is 2.75 bits per heavy atom. The van der Waals surface area contributed by atoms with Crippen LogP contribution in [-0.4, -0.2) is 43.9 Å². The fraction of sp³-hybridized carbons (Fsp3) is 0.550. The lowest BCUT2D eigenvalue weighted by molar-refractivity contribution is 0.451. The summed E-state index contributed by atoms with van der Waals surface area (Å²) in [6, 6.07) is 0.495. The first-order valence-corrected chi connectivity index (χ1v) is 11.1. The highest BCUT2D eigenvalue weighted by Gasteiger charge is 2.26. The molecular weight excluding hydrogens is 418 g/mol. The molecule has 1 saturated heterocycles. The Kier molecular flexibility index (Phi) is 5.07. The minimum Gasteiger partial charge on any atom is -0.366 e. The number of aromatic amines is 1. The molecule has 1 aliphatic carbocycles. The molecule has 7 nitrogen and oxygen atoms in total. The molecular formula is C20H26BrN7. The van der Waals surface area contributed by atoms with E-state index in [-0.39, 0.29) is 0 Å². The molecule has 1 atom stereocenters. The van der Waals surface area contributed by atoms with Crippen molar-refractivity contribution >= 4 is 27.4 Å². The van der Waals surface area contributed by atoms with Crippen molar-refractivity contribution in [2.24, 2.45) is 0 Å². The van der Waals surface area contributed by atoms with Gasteiger partial charge in [-0.3, -0.25) is 5.10 Å². The van der Waals surface area contributed by atoms with E-state index in [1.54, 1.807) is 0 Å². The molecule has 2 fully saturated rings. The summed E-state index contributed by atoms with van der Waals surface area (Å²) < 4.78 is 3.02. The molecule has 0 bridgehead atoms. The SMILES string of the molecule is Brc1c(C2CCCNC2)nc2c(-c3cn[nH]c3)cnn2c1NC1CCCCC1. The van der Waals surface area contributed by atoms with Crippen molar-refractivity contribution in [1.29, 1.82) is 0 Å². The van der Waals surface area contributed by atoms with Crippen molar-refractivity contribution in [1.82, 2.24) is 30.1 Å². The molecule has 1 unspecified atom stereocenters. The van der Waals surface area contributed by atoms with Crippen LogP contribution in [-0.2, 0) is 0 Å². The number of nitrogens with one attached hydrogen (secondary N) is 3. The molecule has 0 spiro atoms. The zero-order chi connectivity index (χ0) is 18.9. The van der Waals surface area contributed by atoms with Crippen LogP contribution in [0.2, 0.25) is 0 Å². The number of rotatable bonds is 4. The fourth-order valence-electron chi connectivity index (χ4n) is 4.51. The van der Waals surface area contributed by atoms with Crippen LogP contribution in [0.1, 0.15) is 56.6 Å². The van der Waals surface area contributed by atoms with Crippen LogP contribution in [0.15, 0.2) is 23.1 Å². The lowest BCUT2D eigenvalue weighted by Crippen LogP contribution is -2.30. The molecule has 0 amide bonds. The zero-order valence-corrected chi connectivity index (χ0v) is 17.5. The molecule has 8 heteroatoms. The van der Waals surface area contributed by atoms with Crippen molar-refractivity contribution in [2.45, 2.75) is 56.9 Å². The third kappa shape index (κ3) is 3.33. The van der Waals surface area contributed by atoms with E-state index in [2.05, 4.69) is 36.8 Å². The first-order chi connectivity index (χ1) is 13.8. The molecule has 1 aliphatic heterocycles. The second-order valence-corrected chi connectivity index (χ2v) is 8.76. The monoisotopic (exact) mass is 443 g/mol. The quantitative estimate of drug-likeness (QED) is 0.565. The number of anilines is 1. The van der Waals surface area contributed by atoms with Gasteiger partial charge in [0.2, 0.25) is 0 Å². The maximum absolute atomic E-state index is 5.10. The second kappa shape index (κ2) is 7.83. The predicted octanol–water partition coefficient (Wildman–Crippen LogP) is 4.09. The van der Waals surface area contributed by atoms with Gasteiger partial charge in [-0.1, -0.05) is 19.3 Å². The Morgan fingerprint density at radius 1 is 1.11 bits per heavy atom. The van der Waals surface area contributed by atoms with Crippen LogP contribution >= 0.6 is 15.9 Å². The molecule has 0 aromatic carbocycles. The highest BCUT2D eigenvalue weighted by molar-refractivity contribution is 9.10. The summed E-state index contributed by atoms with van der Waals surface area (Å²) in [6.07, 6.45) is 14.3. The molecule has 0 radical (unpaired) electrons. The molecule has 4 heterocycles. The molecule has 148 valence electrons. The number of hydrogen-bond acceptors (Lipinski definition) is 5. The molecule has 2 aliphatic rings. The van der Waals surface area contributed by atoms with E-state index in [4.69, 9.17) is 10.1 Å². The van der Waals surface area contributed by atoms with E-state index >= 15 is 0 Å². The summed E-state index contributed by atoms with van der Waals surface area (Å²) in [5, 5.41) is 19.0. The van der Waals surface area contributed by atoms with E-state index in [1.807, 2.05) is 23.1 Å². The molecule has 1 saturated carbocycles. The van der Waals surface area contributed by atoms with Gasteiger partial charge in [0.25, 0.3) is 0 Å². The number of hydrogen-bond donors (Lipinski definition) is 3. The van der Waals surface area contributed by atoms with Crippen LogP contribution in [0.25, 0.3) is 16.8 Å². The lowest BCUT2D eigenvalue weighted by atomic mass is 9.94. The molecule has 28 heavy (non-hydrogen) atoms. The summed E-state index contributed by atoms with van der Waals surface area (Å²) in [4.78, 5) is 5.10. The van der Waals surface area contributed by atoms with Gasteiger partial charge in [-0.25, -0.2) is 4.98 Å². The average molecular weight is 444 g/mol. The topological polar surface area (TPSA) is 82.9 Å². The number of nitrogens with zero attached hydrogens (tertiary/aromatic N) is 4. The van der Waals surface area contributed by atoms with E-state index in [0.29, 0.717) is 12.0 Å². The van der Waals surface area contributed by atoms with Crippen LogP contribution in [0, 0.1) is 0 Å². The van der Waals surface area contributed by atoms with Crippen LogP contribution in [0.3, 0.4) is 0 Å². The number of piperidine rings is 1. The second-order valence-electron chi connectivity index (χ2n) is 7.96. The normalized spacial score (nSPS) is 21.2. The van der Waals surface area contributed by atoms with E-state index in [1.165, 1.54) is 38.5 Å². The van der Waals surface area contributed by atoms with Crippen molar-refractivity contribution in [2.75, 3.05) is 18.4 Å². The summed E-state index contributed by atoms with van der Waals surface area (Å²) in [7, 11) is 0. The summed E-state index contributed by atoms with van der Waals surface area (Å²) in [6.45, 7) is 2.07. The predicted molar refractivity (Wildman–Crippen MR) is 114 cm³/mol. The van der Waals surface area contributed by atoms with Gasteiger partial charge in [0.1, 0.15) is 5.82 Å². The Balaban J connectivity index is 1.63. The first-order valence-electron chi connectivity index (χ1n) is 10.3. The van der Waals surface area contributed by atoms with Crippen molar-refractivity contribution in [3.8, 4) is 11.1 Å². The van der Waals surface area contributed by atoms with Crippen molar-refractivity contribution in [3.63, 3.8) is 0 Å². The van der Waals surface area contributed by atoms with Gasteiger partial charge >= 0.3 is 0 Å². The van der Waals surface area contributed by atoms with Gasteiger partial charge in [-0.15, -0.1) is 0 Å². The maximum atomic E-state index is 5.10. The number of aromatic nitrogens is 5. The van der Waals surface area contributed by atoms with Gasteiger partial charge < -0.3 is 10.6 Å². The minimum atomic E-state index is 0.409. The largest absolute Gasteiger partial charge is 0.366 e. The average Bonchev–Trinajstić information content (AvgIpc) is 3.41. The number of halogens is 1. The van der Waals surface area contributed by atoms with Crippen LogP contribution in [0.4, 0.5) is 5.82 Å². The molecule has 3 N–H and O–H groups in total. The van der Waals surface area contributed by atoms with Crippen molar-refractivity contribution in [3.05, 3.63) is 28.8 Å². The van der Waals surface area contributed by atoms with Crippen LogP contribution in [0.5, 0.6) is 0 Å². The molecule has 3 aromatic heterocycles. The smallest absolute Gasteiger partial charge is 0.165 e. The highest BCUT2D eigenvalue weighted by Crippen LogP contribution is 2.37. The van der Waals surface area contributed by atoms with Gasteiger partial charge in [0.15, 0.2) is 5.65 Å². The Bertz CT molecular complexity index is 937. The zero-order valence-electron chi connectivity index (χ0n) is 15.9. The molecule has 5 rings (SSSR count). The highest BCUT2D eigenvalue weighted by atomic mass is 79.9. The summed E-state index contributed by atoms with van der Waals surface area (Å²) in [5.41, 5.74) is 4.05. The minimum absolute atomic E-state index is 0.409. The van der Waals surface area contributed by atoms with Gasteiger partial charge in [0.05, 0.1) is 22.6 Å². The standard InChI is InChI=1S/C20H26BrN7/c21-17-18(13-5-4-8-22-9-13)27-19-16(14-10-23-24-11-14)12-25-28(19)20(17)26-15-6-2-1-3-7-15/h10-13,15,22,26H,1-9H2,(H,23,24). The maximum Gasteiger partial charge on any atom is 0.165 e. The van der Waals surface area contributed by atoms with Gasteiger partial charge in [-0.05, 0) is 48.2 Å². The lowest BCUT2D eigenvalue weighted by Gasteiger charge is -2.27. The Morgan fingerprint density at radius 2 is 2.00 bits per heavy atom. The van der Waals surface area contributed by atoms with Gasteiger partial charge in [-0.2, -0.15) is 14.7 Å².